The van der Waals surface area contributed by atoms with Crippen molar-refractivity contribution in [1.29, 1.82) is 0 Å². The molecule has 204 valence electrons. The number of nitrogens with one attached hydrogen (secondary N) is 1. The average Bonchev–Trinajstić information content (AvgIpc) is 2.86. The van der Waals surface area contributed by atoms with Gasteiger partial charge in [0.05, 0.1) is 13.2 Å². The van der Waals surface area contributed by atoms with Gasteiger partial charge in [-0.05, 0) is 49.2 Å². The highest BCUT2D eigenvalue weighted by molar-refractivity contribution is 5.89. The Morgan fingerprint density at radius 2 is 1.78 bits per heavy atom. The second-order valence-corrected chi connectivity index (χ2v) is 8.53. The van der Waals surface area contributed by atoms with E-state index in [9.17, 15) is 23.5 Å². The Morgan fingerprint density at radius 3 is 2.41 bits per heavy atom. The number of hydrogen-bond acceptors (Lipinski definition) is 5. The third kappa shape index (κ3) is 11.1. The maximum absolute atomic E-state index is 13.5. The molecular weight excluding hydrogens is 486 g/mol. The van der Waals surface area contributed by atoms with E-state index in [0.29, 0.717) is 18.0 Å². The molecule has 0 heterocycles. The molecule has 0 aliphatic carbocycles. The third-order valence-electron chi connectivity index (χ3n) is 5.51. The summed E-state index contributed by atoms with van der Waals surface area (Å²) in [5.74, 6) is -3.38. The maximum Gasteiger partial charge on any atom is 0.333 e. The number of halogens is 2. The summed E-state index contributed by atoms with van der Waals surface area (Å²) < 4.78 is 43.0. The molecule has 10 heteroatoms. The van der Waals surface area contributed by atoms with Crippen LogP contribution in [0.1, 0.15) is 31.4 Å². The van der Waals surface area contributed by atoms with E-state index in [0.717, 1.165) is 11.1 Å². The largest absolute Gasteiger partial charge is 0.492 e. The number of nitrogens with zero attached hydrogens (tertiary/aromatic N) is 1. The van der Waals surface area contributed by atoms with Gasteiger partial charge in [0, 0.05) is 31.7 Å². The molecule has 0 saturated carbocycles. The van der Waals surface area contributed by atoms with Crippen molar-refractivity contribution in [3.05, 3.63) is 59.7 Å². The summed E-state index contributed by atoms with van der Waals surface area (Å²) in [6, 6.07) is 13.9. The summed E-state index contributed by atoms with van der Waals surface area (Å²) in [5, 5.41) is 12.0. The molecule has 2 amide bonds. The highest BCUT2D eigenvalue weighted by Crippen LogP contribution is 2.18. The lowest BCUT2D eigenvalue weighted by Crippen LogP contribution is -2.40. The summed E-state index contributed by atoms with van der Waals surface area (Å²) in [4.78, 5) is 25.6. The zero-order chi connectivity index (χ0) is 27.3. The van der Waals surface area contributed by atoms with E-state index >= 15 is 0 Å². The van der Waals surface area contributed by atoms with Gasteiger partial charge in [0.25, 0.3) is 5.92 Å². The molecule has 0 bridgehead atoms. The molecule has 0 aromatic heterocycles. The zero-order valence-electron chi connectivity index (χ0n) is 21.5. The average molecular weight is 523 g/mol. The minimum atomic E-state index is -2.91. The first-order valence-electron chi connectivity index (χ1n) is 12.3. The molecular formula is C27H36F2N2O6. The highest BCUT2D eigenvalue weighted by atomic mass is 19.3. The van der Waals surface area contributed by atoms with Gasteiger partial charge in [0.1, 0.15) is 19.0 Å². The van der Waals surface area contributed by atoms with Gasteiger partial charge in [-0.3, -0.25) is 0 Å². The first-order valence-corrected chi connectivity index (χ1v) is 12.3. The van der Waals surface area contributed by atoms with Crippen molar-refractivity contribution >= 4 is 17.7 Å². The number of carbonyl (C=O) groups is 2. The van der Waals surface area contributed by atoms with Crippen LogP contribution >= 0.6 is 0 Å². The smallest absolute Gasteiger partial charge is 0.333 e. The number of urea groups is 1. The van der Waals surface area contributed by atoms with Gasteiger partial charge in [-0.1, -0.05) is 31.2 Å². The van der Waals surface area contributed by atoms with Crippen LogP contribution in [-0.2, 0) is 20.7 Å². The quantitative estimate of drug-likeness (QED) is 0.301. The third-order valence-corrected chi connectivity index (χ3v) is 5.51. The number of anilines is 1. The molecule has 2 aromatic rings. The molecule has 0 aliphatic heterocycles. The van der Waals surface area contributed by atoms with Gasteiger partial charge in [0.2, 0.25) is 0 Å². The molecule has 1 atom stereocenters. The van der Waals surface area contributed by atoms with Gasteiger partial charge in [-0.2, -0.15) is 0 Å². The lowest BCUT2D eigenvalue weighted by molar-refractivity contribution is -0.149. The molecule has 8 nitrogen and oxygen atoms in total. The van der Waals surface area contributed by atoms with Crippen molar-refractivity contribution < 1.29 is 37.7 Å². The predicted molar refractivity (Wildman–Crippen MR) is 137 cm³/mol. The van der Waals surface area contributed by atoms with Crippen LogP contribution in [0.25, 0.3) is 0 Å². The Morgan fingerprint density at radius 1 is 1.08 bits per heavy atom. The zero-order valence-corrected chi connectivity index (χ0v) is 21.5. The van der Waals surface area contributed by atoms with Crippen molar-refractivity contribution in [1.82, 2.24) is 4.90 Å². The predicted octanol–water partition coefficient (Wildman–Crippen LogP) is 5.00. The normalized spacial score (nSPS) is 12.1. The summed E-state index contributed by atoms with van der Waals surface area (Å²) in [6.45, 7) is 5.05. The van der Waals surface area contributed by atoms with Crippen LogP contribution in [0.4, 0.5) is 19.3 Å². The van der Waals surface area contributed by atoms with Crippen LogP contribution < -0.4 is 10.1 Å². The number of benzene rings is 2. The van der Waals surface area contributed by atoms with E-state index in [1.54, 1.807) is 37.3 Å². The summed E-state index contributed by atoms with van der Waals surface area (Å²) in [5.41, 5.74) is 2.39. The Balaban J connectivity index is 1.93. The number of ether oxygens (including phenoxy) is 3. The number of amides is 2. The number of hydrogen-bond donors (Lipinski definition) is 2. The van der Waals surface area contributed by atoms with E-state index < -0.39 is 30.6 Å². The SMILES string of the molecule is CCOC(Cc1ccc(OCCN(CCOCC(F)(F)CC)C(=O)Nc2cccc(C)c2)cc1)C(=O)O. The lowest BCUT2D eigenvalue weighted by atomic mass is 10.1. The minimum absolute atomic E-state index is 0.0455. The fourth-order valence-corrected chi connectivity index (χ4v) is 3.37. The van der Waals surface area contributed by atoms with Crippen LogP contribution in [0.2, 0.25) is 0 Å². The first kappa shape index (κ1) is 30.0. The second kappa shape index (κ2) is 15.1. The molecule has 37 heavy (non-hydrogen) atoms. The van der Waals surface area contributed by atoms with E-state index in [-0.39, 0.29) is 39.1 Å². The van der Waals surface area contributed by atoms with E-state index in [1.165, 1.54) is 11.8 Å². The van der Waals surface area contributed by atoms with Crippen LogP contribution in [0, 0.1) is 6.92 Å². The van der Waals surface area contributed by atoms with Gasteiger partial charge in [0.15, 0.2) is 6.10 Å². The van der Waals surface area contributed by atoms with Crippen LogP contribution in [0.15, 0.2) is 48.5 Å². The Hall–Kier alpha value is -3.24. The van der Waals surface area contributed by atoms with Crippen LogP contribution in [0.3, 0.4) is 0 Å². The number of carboxylic acids is 1. The van der Waals surface area contributed by atoms with Crippen molar-refractivity contribution in [2.24, 2.45) is 0 Å². The number of aryl methyl sites for hydroxylation is 1. The van der Waals surface area contributed by atoms with Gasteiger partial charge >= 0.3 is 12.0 Å². The van der Waals surface area contributed by atoms with Crippen molar-refractivity contribution in [3.8, 4) is 5.75 Å². The van der Waals surface area contributed by atoms with E-state index in [1.807, 2.05) is 25.1 Å². The van der Waals surface area contributed by atoms with Gasteiger partial charge in [-0.15, -0.1) is 0 Å². The molecule has 0 fully saturated rings. The topological polar surface area (TPSA) is 97.3 Å². The Kier molecular flexibility index (Phi) is 12.2. The summed E-state index contributed by atoms with van der Waals surface area (Å²) in [7, 11) is 0. The Labute approximate surface area is 216 Å². The molecule has 0 aliphatic rings. The van der Waals surface area contributed by atoms with Crippen LogP contribution in [0.5, 0.6) is 5.75 Å². The molecule has 0 spiro atoms. The van der Waals surface area contributed by atoms with Gasteiger partial charge in [-0.25, -0.2) is 18.4 Å². The number of carbonyl (C=O) groups excluding carboxylic acids is 1. The Bertz CT molecular complexity index is 987. The standard InChI is InChI=1S/C27H36F2N2O6/c1-4-27(28,29)19-35-15-13-31(26(34)30-22-8-6-7-20(3)17-22)14-16-37-23-11-9-21(10-12-23)18-24(25(32)33)36-5-2/h6-12,17,24H,4-5,13-16,18-19H2,1-3H3,(H,30,34)(H,32,33). The first-order chi connectivity index (χ1) is 17.6. The number of alkyl halides is 2. The molecule has 1 unspecified atom stereocenters. The second-order valence-electron chi connectivity index (χ2n) is 8.53. The summed E-state index contributed by atoms with van der Waals surface area (Å²) >= 11 is 0. The number of aliphatic carboxylic acids is 1. The van der Waals surface area contributed by atoms with Gasteiger partial charge < -0.3 is 29.5 Å². The van der Waals surface area contributed by atoms with Crippen molar-refractivity contribution in [2.45, 2.75) is 45.6 Å². The molecule has 2 rings (SSSR count). The van der Waals surface area contributed by atoms with E-state index in [2.05, 4.69) is 5.32 Å². The number of carboxylic acid groups (broad SMARTS) is 1. The van der Waals surface area contributed by atoms with Crippen LogP contribution in [-0.4, -0.2) is 73.6 Å². The molecule has 0 radical (unpaired) electrons. The van der Waals surface area contributed by atoms with Crippen molar-refractivity contribution in [3.63, 3.8) is 0 Å². The fourth-order valence-electron chi connectivity index (χ4n) is 3.37. The lowest BCUT2D eigenvalue weighted by Gasteiger charge is -2.24. The van der Waals surface area contributed by atoms with E-state index in [4.69, 9.17) is 14.2 Å². The van der Waals surface area contributed by atoms with Crippen molar-refractivity contribution in [2.75, 3.05) is 44.8 Å². The maximum atomic E-state index is 13.5. The highest BCUT2D eigenvalue weighted by Gasteiger charge is 2.26. The minimum Gasteiger partial charge on any atom is -0.492 e. The molecule has 0 saturated heterocycles. The summed E-state index contributed by atoms with van der Waals surface area (Å²) in [6.07, 6.45) is -1.01. The molecule has 2 N–H and O–H groups in total. The monoisotopic (exact) mass is 522 g/mol. The fraction of sp³-hybridized carbons (Fsp3) is 0.481. The molecule has 2 aromatic carbocycles. The number of rotatable bonds is 16.